The number of rotatable bonds is 4. The van der Waals surface area contributed by atoms with E-state index in [1.807, 2.05) is 29.2 Å². The Labute approximate surface area is 123 Å². The maximum absolute atomic E-state index is 12.4. The van der Waals surface area contributed by atoms with Crippen molar-refractivity contribution >= 4 is 5.91 Å². The smallest absolute Gasteiger partial charge is 0.227 e. The van der Waals surface area contributed by atoms with Gasteiger partial charge in [-0.2, -0.15) is 15.0 Å². The SMILES string of the molecule is COc1cccc(CC(=O)N2CCC(n3nccn3)C2)c1. The van der Waals surface area contributed by atoms with E-state index in [1.54, 1.807) is 24.3 Å². The van der Waals surface area contributed by atoms with Gasteiger partial charge < -0.3 is 9.64 Å². The summed E-state index contributed by atoms with van der Waals surface area (Å²) in [5.74, 6) is 0.915. The van der Waals surface area contributed by atoms with Crippen LogP contribution in [-0.4, -0.2) is 46.0 Å². The molecule has 1 amide bonds. The monoisotopic (exact) mass is 286 g/mol. The van der Waals surface area contributed by atoms with Gasteiger partial charge in [0, 0.05) is 13.1 Å². The number of carbonyl (C=O) groups excluding carboxylic acids is 1. The average Bonchev–Trinajstić information content (AvgIpc) is 3.18. The van der Waals surface area contributed by atoms with Crippen LogP contribution < -0.4 is 4.74 Å². The second-order valence-electron chi connectivity index (χ2n) is 5.16. The van der Waals surface area contributed by atoms with Crippen LogP contribution in [0.25, 0.3) is 0 Å². The number of carbonyl (C=O) groups is 1. The molecular weight excluding hydrogens is 268 g/mol. The molecule has 1 aromatic heterocycles. The van der Waals surface area contributed by atoms with Gasteiger partial charge >= 0.3 is 0 Å². The first-order valence-electron chi connectivity index (χ1n) is 7.03. The van der Waals surface area contributed by atoms with Crippen molar-refractivity contribution in [3.63, 3.8) is 0 Å². The van der Waals surface area contributed by atoms with E-state index >= 15 is 0 Å². The average molecular weight is 286 g/mol. The Bertz CT molecular complexity index is 612. The molecule has 2 heterocycles. The summed E-state index contributed by atoms with van der Waals surface area (Å²) in [5.41, 5.74) is 0.972. The van der Waals surface area contributed by atoms with Crippen LogP contribution in [0.3, 0.4) is 0 Å². The summed E-state index contributed by atoms with van der Waals surface area (Å²) in [6.07, 6.45) is 4.64. The van der Waals surface area contributed by atoms with E-state index in [9.17, 15) is 4.79 Å². The molecule has 1 unspecified atom stereocenters. The highest BCUT2D eigenvalue weighted by Gasteiger charge is 2.28. The van der Waals surface area contributed by atoms with E-state index in [-0.39, 0.29) is 11.9 Å². The molecule has 3 rings (SSSR count). The molecule has 6 heteroatoms. The molecule has 1 aliphatic heterocycles. The van der Waals surface area contributed by atoms with E-state index in [0.29, 0.717) is 13.0 Å². The topological polar surface area (TPSA) is 60.2 Å². The van der Waals surface area contributed by atoms with Crippen molar-refractivity contribution in [1.29, 1.82) is 0 Å². The number of aromatic nitrogens is 3. The van der Waals surface area contributed by atoms with Gasteiger partial charge in [0.15, 0.2) is 0 Å². The summed E-state index contributed by atoms with van der Waals surface area (Å²) < 4.78 is 5.18. The largest absolute Gasteiger partial charge is 0.497 e. The van der Waals surface area contributed by atoms with Crippen molar-refractivity contribution in [1.82, 2.24) is 19.9 Å². The number of likely N-dealkylation sites (tertiary alicyclic amines) is 1. The van der Waals surface area contributed by atoms with Gasteiger partial charge in [-0.25, -0.2) is 0 Å². The van der Waals surface area contributed by atoms with Crippen LogP contribution in [0.4, 0.5) is 0 Å². The number of methoxy groups -OCH3 is 1. The summed E-state index contributed by atoms with van der Waals surface area (Å²) in [7, 11) is 1.63. The van der Waals surface area contributed by atoms with Crippen LogP contribution in [-0.2, 0) is 11.2 Å². The van der Waals surface area contributed by atoms with Crippen LogP contribution in [0, 0.1) is 0 Å². The maximum atomic E-state index is 12.4. The quantitative estimate of drug-likeness (QED) is 0.850. The predicted octanol–water partition coefficient (Wildman–Crippen LogP) is 1.30. The zero-order chi connectivity index (χ0) is 14.7. The minimum absolute atomic E-state index is 0.137. The summed E-state index contributed by atoms with van der Waals surface area (Å²) in [6.45, 7) is 1.44. The number of nitrogens with zero attached hydrogens (tertiary/aromatic N) is 4. The first kappa shape index (κ1) is 13.6. The maximum Gasteiger partial charge on any atom is 0.227 e. The normalized spacial score (nSPS) is 18.0. The van der Waals surface area contributed by atoms with Gasteiger partial charge in [-0.15, -0.1) is 0 Å². The highest BCUT2D eigenvalue weighted by Crippen LogP contribution is 2.21. The molecule has 0 spiro atoms. The lowest BCUT2D eigenvalue weighted by atomic mass is 10.1. The Hall–Kier alpha value is -2.37. The first-order chi connectivity index (χ1) is 10.3. The van der Waals surface area contributed by atoms with Crippen molar-refractivity contribution in [2.24, 2.45) is 0 Å². The Balaban J connectivity index is 1.61. The van der Waals surface area contributed by atoms with Gasteiger partial charge in [-0.3, -0.25) is 4.79 Å². The van der Waals surface area contributed by atoms with Gasteiger partial charge in [0.25, 0.3) is 0 Å². The van der Waals surface area contributed by atoms with E-state index in [2.05, 4.69) is 10.2 Å². The van der Waals surface area contributed by atoms with Crippen molar-refractivity contribution < 1.29 is 9.53 Å². The van der Waals surface area contributed by atoms with Crippen molar-refractivity contribution in [3.8, 4) is 5.75 Å². The molecule has 6 nitrogen and oxygen atoms in total. The summed E-state index contributed by atoms with van der Waals surface area (Å²) in [6, 6.07) is 7.82. The van der Waals surface area contributed by atoms with Crippen LogP contribution in [0.5, 0.6) is 5.75 Å². The van der Waals surface area contributed by atoms with E-state index < -0.39 is 0 Å². The molecule has 1 atom stereocenters. The van der Waals surface area contributed by atoms with E-state index in [1.165, 1.54) is 0 Å². The highest BCUT2D eigenvalue weighted by atomic mass is 16.5. The van der Waals surface area contributed by atoms with Gasteiger partial charge in [0.1, 0.15) is 5.75 Å². The fraction of sp³-hybridized carbons (Fsp3) is 0.400. The van der Waals surface area contributed by atoms with Crippen LogP contribution in [0.15, 0.2) is 36.7 Å². The van der Waals surface area contributed by atoms with Crippen molar-refractivity contribution in [2.45, 2.75) is 18.9 Å². The number of benzene rings is 1. The van der Waals surface area contributed by atoms with E-state index in [4.69, 9.17) is 4.74 Å². The molecule has 0 saturated carbocycles. The highest BCUT2D eigenvalue weighted by molar-refractivity contribution is 5.79. The fourth-order valence-corrected chi connectivity index (χ4v) is 2.64. The molecule has 0 radical (unpaired) electrons. The molecule has 1 saturated heterocycles. The number of amides is 1. The van der Waals surface area contributed by atoms with Gasteiger partial charge in [0.05, 0.1) is 32.0 Å². The fourth-order valence-electron chi connectivity index (χ4n) is 2.64. The lowest BCUT2D eigenvalue weighted by Crippen LogP contribution is -2.30. The number of hydrogen-bond donors (Lipinski definition) is 0. The van der Waals surface area contributed by atoms with Gasteiger partial charge in [-0.05, 0) is 24.1 Å². The molecule has 2 aromatic rings. The zero-order valence-corrected chi connectivity index (χ0v) is 12.0. The van der Waals surface area contributed by atoms with Gasteiger partial charge in [-0.1, -0.05) is 12.1 Å². The molecule has 110 valence electrons. The molecule has 0 bridgehead atoms. The minimum Gasteiger partial charge on any atom is -0.497 e. The number of hydrogen-bond acceptors (Lipinski definition) is 4. The molecule has 0 aliphatic carbocycles. The zero-order valence-electron chi connectivity index (χ0n) is 12.0. The van der Waals surface area contributed by atoms with Gasteiger partial charge in [0.2, 0.25) is 5.91 Å². The summed E-state index contributed by atoms with van der Waals surface area (Å²) >= 11 is 0. The Morgan fingerprint density at radius 1 is 1.38 bits per heavy atom. The minimum atomic E-state index is 0.137. The second kappa shape index (κ2) is 5.95. The molecule has 0 N–H and O–H groups in total. The Kier molecular flexibility index (Phi) is 3.85. The predicted molar refractivity (Wildman–Crippen MR) is 77.0 cm³/mol. The molecule has 1 fully saturated rings. The molecule has 21 heavy (non-hydrogen) atoms. The van der Waals surface area contributed by atoms with Crippen molar-refractivity contribution in [3.05, 3.63) is 42.2 Å². The van der Waals surface area contributed by atoms with Crippen molar-refractivity contribution in [2.75, 3.05) is 20.2 Å². The molecular formula is C15H18N4O2. The van der Waals surface area contributed by atoms with E-state index in [0.717, 1.165) is 24.3 Å². The van der Waals surface area contributed by atoms with Crippen LogP contribution in [0.1, 0.15) is 18.0 Å². The Morgan fingerprint density at radius 2 is 2.19 bits per heavy atom. The first-order valence-corrected chi connectivity index (χ1v) is 7.03. The third-order valence-electron chi connectivity index (χ3n) is 3.77. The Morgan fingerprint density at radius 3 is 2.95 bits per heavy atom. The lowest BCUT2D eigenvalue weighted by Gasteiger charge is -2.16. The third-order valence-corrected chi connectivity index (χ3v) is 3.77. The lowest BCUT2D eigenvalue weighted by molar-refractivity contribution is -0.129. The third kappa shape index (κ3) is 3.04. The molecule has 1 aliphatic rings. The number of ether oxygens (including phenoxy) is 1. The van der Waals surface area contributed by atoms with Crippen LogP contribution in [0.2, 0.25) is 0 Å². The standard InChI is InChI=1S/C15H18N4O2/c1-21-14-4-2-3-12(9-14)10-15(20)18-8-5-13(11-18)19-16-6-7-17-19/h2-4,6-7,9,13H,5,8,10-11H2,1H3. The molecule has 1 aromatic carbocycles. The summed E-state index contributed by atoms with van der Waals surface area (Å²) in [5, 5.41) is 8.30. The summed E-state index contributed by atoms with van der Waals surface area (Å²) in [4.78, 5) is 15.9. The van der Waals surface area contributed by atoms with Crippen LogP contribution >= 0.6 is 0 Å². The second-order valence-corrected chi connectivity index (χ2v) is 5.16.